The second-order valence-electron chi connectivity index (χ2n) is 5.71. The third kappa shape index (κ3) is 2.60. The molecule has 2 rings (SSSR count). The molecule has 19 heavy (non-hydrogen) atoms. The summed E-state index contributed by atoms with van der Waals surface area (Å²) in [6.45, 7) is 9.35. The number of imidazole rings is 1. The van der Waals surface area contributed by atoms with E-state index in [-0.39, 0.29) is 11.7 Å². The Labute approximate surface area is 114 Å². The lowest BCUT2D eigenvalue weighted by molar-refractivity contribution is 0.434. The van der Waals surface area contributed by atoms with E-state index in [9.17, 15) is 4.79 Å². The van der Waals surface area contributed by atoms with Crippen LogP contribution in [0.2, 0.25) is 0 Å². The minimum Gasteiger partial charge on any atom is -0.292 e. The van der Waals surface area contributed by atoms with Crippen molar-refractivity contribution in [2.45, 2.75) is 53.1 Å². The van der Waals surface area contributed by atoms with Crippen LogP contribution >= 0.6 is 0 Å². The van der Waals surface area contributed by atoms with Gasteiger partial charge in [0, 0.05) is 12.6 Å². The van der Waals surface area contributed by atoms with Gasteiger partial charge >= 0.3 is 5.69 Å². The van der Waals surface area contributed by atoms with Crippen LogP contribution in [0.4, 0.5) is 0 Å². The Balaban J connectivity index is 2.48. The molecule has 3 heteroatoms. The molecule has 3 nitrogen and oxygen atoms in total. The predicted octanol–water partition coefficient (Wildman–Crippen LogP) is 3.82. The first kappa shape index (κ1) is 13.9. The van der Waals surface area contributed by atoms with Gasteiger partial charge in [-0.3, -0.25) is 9.13 Å². The smallest absolute Gasteiger partial charge is 0.292 e. The van der Waals surface area contributed by atoms with Crippen molar-refractivity contribution < 1.29 is 0 Å². The summed E-state index contributed by atoms with van der Waals surface area (Å²) in [5.41, 5.74) is 2.23. The Morgan fingerprint density at radius 1 is 1.05 bits per heavy atom. The van der Waals surface area contributed by atoms with Crippen LogP contribution in [0.1, 0.15) is 46.6 Å². The van der Waals surface area contributed by atoms with Gasteiger partial charge in [-0.1, -0.05) is 26.0 Å². The van der Waals surface area contributed by atoms with Crippen molar-refractivity contribution in [1.29, 1.82) is 0 Å². The fourth-order valence-corrected chi connectivity index (χ4v) is 2.67. The summed E-state index contributed by atoms with van der Waals surface area (Å²) in [7, 11) is 0. The highest BCUT2D eigenvalue weighted by Gasteiger charge is 2.16. The fourth-order valence-electron chi connectivity index (χ4n) is 2.67. The number of nitrogens with zero attached hydrogens (tertiary/aromatic N) is 2. The third-order valence-electron chi connectivity index (χ3n) is 3.79. The zero-order valence-electron chi connectivity index (χ0n) is 12.4. The van der Waals surface area contributed by atoms with Crippen molar-refractivity contribution in [3.63, 3.8) is 0 Å². The van der Waals surface area contributed by atoms with Crippen LogP contribution < -0.4 is 5.69 Å². The van der Waals surface area contributed by atoms with Crippen LogP contribution in [0.5, 0.6) is 0 Å². The van der Waals surface area contributed by atoms with Gasteiger partial charge < -0.3 is 0 Å². The molecule has 0 saturated carbocycles. The topological polar surface area (TPSA) is 26.9 Å². The summed E-state index contributed by atoms with van der Waals surface area (Å²) in [5, 5.41) is 0. The number of rotatable bonds is 5. The van der Waals surface area contributed by atoms with Crippen molar-refractivity contribution in [2.75, 3.05) is 0 Å². The minimum absolute atomic E-state index is 0.125. The standard InChI is InChI=1S/C16H24N2O/c1-5-17-14-8-6-7-9-15(14)18(16(17)19)13(4)11-10-12(2)3/h6-9,12-13H,5,10-11H2,1-4H3. The molecule has 1 atom stereocenters. The van der Waals surface area contributed by atoms with Gasteiger partial charge in [-0.25, -0.2) is 4.79 Å². The Morgan fingerprint density at radius 2 is 1.68 bits per heavy atom. The highest BCUT2D eigenvalue weighted by molar-refractivity contribution is 5.76. The lowest BCUT2D eigenvalue weighted by Crippen LogP contribution is -2.26. The molecule has 0 radical (unpaired) electrons. The number of aromatic nitrogens is 2. The van der Waals surface area contributed by atoms with E-state index in [1.807, 2.05) is 34.3 Å². The maximum atomic E-state index is 12.5. The molecule has 0 spiro atoms. The van der Waals surface area contributed by atoms with E-state index in [4.69, 9.17) is 0 Å². The van der Waals surface area contributed by atoms with Gasteiger partial charge in [0.15, 0.2) is 0 Å². The monoisotopic (exact) mass is 260 g/mol. The van der Waals surface area contributed by atoms with Crippen molar-refractivity contribution in [3.05, 3.63) is 34.7 Å². The molecule has 1 aromatic carbocycles. The fraction of sp³-hybridized carbons (Fsp3) is 0.562. The Hall–Kier alpha value is -1.51. The van der Waals surface area contributed by atoms with E-state index in [1.54, 1.807) is 0 Å². The van der Waals surface area contributed by atoms with Crippen LogP contribution in [-0.2, 0) is 6.54 Å². The number of fused-ring (bicyclic) bond motifs is 1. The van der Waals surface area contributed by atoms with Gasteiger partial charge in [0.1, 0.15) is 0 Å². The zero-order valence-corrected chi connectivity index (χ0v) is 12.4. The molecule has 1 heterocycles. The van der Waals surface area contributed by atoms with Gasteiger partial charge in [-0.2, -0.15) is 0 Å². The van der Waals surface area contributed by atoms with E-state index < -0.39 is 0 Å². The van der Waals surface area contributed by atoms with Gasteiger partial charge in [0.2, 0.25) is 0 Å². The molecule has 0 amide bonds. The predicted molar refractivity (Wildman–Crippen MR) is 80.7 cm³/mol. The van der Waals surface area contributed by atoms with Gasteiger partial charge in [-0.05, 0) is 44.7 Å². The Morgan fingerprint density at radius 3 is 2.26 bits per heavy atom. The molecule has 0 aliphatic carbocycles. The van der Waals surface area contributed by atoms with E-state index in [2.05, 4.69) is 26.8 Å². The molecule has 0 aliphatic rings. The summed E-state index contributed by atoms with van der Waals surface area (Å²) in [5.74, 6) is 0.678. The van der Waals surface area contributed by atoms with E-state index in [1.165, 1.54) is 0 Å². The molecule has 0 bridgehead atoms. The lowest BCUT2D eigenvalue weighted by atomic mass is 10.0. The quantitative estimate of drug-likeness (QED) is 0.803. The first-order valence-electron chi connectivity index (χ1n) is 7.26. The van der Waals surface area contributed by atoms with Crippen LogP contribution in [0.25, 0.3) is 11.0 Å². The molecule has 0 N–H and O–H groups in total. The van der Waals surface area contributed by atoms with Crippen molar-refractivity contribution in [1.82, 2.24) is 9.13 Å². The largest absolute Gasteiger partial charge is 0.329 e. The maximum Gasteiger partial charge on any atom is 0.329 e. The molecule has 0 aliphatic heterocycles. The number of hydrogen-bond acceptors (Lipinski definition) is 1. The number of benzene rings is 1. The number of hydrogen-bond donors (Lipinski definition) is 0. The Kier molecular flexibility index (Phi) is 4.13. The van der Waals surface area contributed by atoms with Crippen LogP contribution in [-0.4, -0.2) is 9.13 Å². The van der Waals surface area contributed by atoms with Crippen LogP contribution in [0.3, 0.4) is 0 Å². The lowest BCUT2D eigenvalue weighted by Gasteiger charge is -2.14. The number of aryl methyl sites for hydroxylation is 1. The molecule has 1 aromatic heterocycles. The molecular formula is C16H24N2O. The molecule has 0 fully saturated rings. The van der Waals surface area contributed by atoms with Gasteiger partial charge in [-0.15, -0.1) is 0 Å². The van der Waals surface area contributed by atoms with Gasteiger partial charge in [0.25, 0.3) is 0 Å². The van der Waals surface area contributed by atoms with Crippen molar-refractivity contribution in [2.24, 2.45) is 5.92 Å². The molecule has 1 unspecified atom stereocenters. The first-order chi connectivity index (χ1) is 9.06. The second kappa shape index (κ2) is 5.64. The summed E-state index contributed by atoms with van der Waals surface area (Å²) in [6, 6.07) is 8.35. The molecule has 2 aromatic rings. The Bertz CT molecular complexity index is 607. The summed E-state index contributed by atoms with van der Waals surface area (Å²) in [6.07, 6.45) is 2.20. The maximum absolute atomic E-state index is 12.5. The van der Waals surface area contributed by atoms with Crippen molar-refractivity contribution >= 4 is 11.0 Å². The van der Waals surface area contributed by atoms with Crippen LogP contribution in [0, 0.1) is 5.92 Å². The second-order valence-corrected chi connectivity index (χ2v) is 5.71. The zero-order chi connectivity index (χ0) is 14.0. The van der Waals surface area contributed by atoms with Crippen LogP contribution in [0.15, 0.2) is 29.1 Å². The van der Waals surface area contributed by atoms with E-state index >= 15 is 0 Å². The highest BCUT2D eigenvalue weighted by Crippen LogP contribution is 2.21. The average Bonchev–Trinajstić information content (AvgIpc) is 2.67. The SMILES string of the molecule is CCn1c(=O)n(C(C)CCC(C)C)c2ccccc21. The summed E-state index contributed by atoms with van der Waals surface area (Å²) < 4.78 is 3.82. The molecule has 0 saturated heterocycles. The molecular weight excluding hydrogens is 236 g/mol. The van der Waals surface area contributed by atoms with Crippen molar-refractivity contribution in [3.8, 4) is 0 Å². The van der Waals surface area contributed by atoms with E-state index in [0.717, 1.165) is 30.4 Å². The average molecular weight is 260 g/mol. The first-order valence-corrected chi connectivity index (χ1v) is 7.26. The summed E-state index contributed by atoms with van der Waals surface area (Å²) in [4.78, 5) is 12.5. The highest BCUT2D eigenvalue weighted by atomic mass is 16.1. The van der Waals surface area contributed by atoms with E-state index in [0.29, 0.717) is 5.92 Å². The normalized spacial score (nSPS) is 13.3. The molecule has 104 valence electrons. The summed E-state index contributed by atoms with van der Waals surface area (Å²) >= 11 is 0. The van der Waals surface area contributed by atoms with Gasteiger partial charge in [0.05, 0.1) is 11.0 Å². The minimum atomic E-state index is 0.125. The third-order valence-corrected chi connectivity index (χ3v) is 3.79. The number of para-hydroxylation sites is 2.